The summed E-state index contributed by atoms with van der Waals surface area (Å²) in [4.78, 5) is 11.7. The molecule has 0 heterocycles. The zero-order chi connectivity index (χ0) is 16.5. The number of nitrogens with zero attached hydrogens (tertiary/aromatic N) is 1. The highest BCUT2D eigenvalue weighted by molar-refractivity contribution is 9.12. The first-order valence-electron chi connectivity index (χ1n) is 6.87. The largest absolute Gasteiger partial charge is 0.376 e. The molecule has 0 unspecified atom stereocenters. The van der Waals surface area contributed by atoms with Gasteiger partial charge in [0.15, 0.2) is 0 Å². The van der Waals surface area contributed by atoms with Gasteiger partial charge in [-0.2, -0.15) is 5.10 Å². The summed E-state index contributed by atoms with van der Waals surface area (Å²) in [5.41, 5.74) is 4.31. The number of halogens is 2. The normalized spacial score (nSPS) is 11.5. The maximum atomic E-state index is 11.7. The second-order valence-electron chi connectivity index (χ2n) is 4.59. The van der Waals surface area contributed by atoms with E-state index in [9.17, 15) is 4.79 Å². The van der Waals surface area contributed by atoms with Crippen LogP contribution in [-0.4, -0.2) is 18.7 Å². The van der Waals surface area contributed by atoms with Crippen molar-refractivity contribution in [1.82, 2.24) is 5.43 Å². The molecule has 2 aromatic carbocycles. The van der Waals surface area contributed by atoms with Crippen LogP contribution >= 0.6 is 27.5 Å². The molecule has 0 radical (unpaired) electrons. The fourth-order valence-electron chi connectivity index (χ4n) is 1.70. The molecule has 0 aliphatic heterocycles. The SMILES string of the molecule is O=C(CNc1ccc(Cl)cc1)N/N=C/C(Br)=C/c1ccccc1. The van der Waals surface area contributed by atoms with Crippen LogP contribution in [-0.2, 0) is 4.79 Å². The summed E-state index contributed by atoms with van der Waals surface area (Å²) >= 11 is 9.17. The van der Waals surface area contributed by atoms with Gasteiger partial charge in [0.2, 0.25) is 0 Å². The van der Waals surface area contributed by atoms with Crippen molar-refractivity contribution >= 4 is 51.4 Å². The van der Waals surface area contributed by atoms with E-state index in [0.717, 1.165) is 15.7 Å². The maximum absolute atomic E-state index is 11.7. The predicted octanol–water partition coefficient (Wildman–Crippen LogP) is 4.29. The Hall–Kier alpha value is -2.11. The summed E-state index contributed by atoms with van der Waals surface area (Å²) in [5, 5.41) is 7.52. The lowest BCUT2D eigenvalue weighted by molar-refractivity contribution is -0.119. The first-order valence-corrected chi connectivity index (χ1v) is 8.04. The van der Waals surface area contributed by atoms with Crippen LogP contribution in [0.15, 0.2) is 64.2 Å². The van der Waals surface area contributed by atoms with Crippen molar-refractivity contribution in [3.05, 3.63) is 69.7 Å². The van der Waals surface area contributed by atoms with Gasteiger partial charge in [-0.3, -0.25) is 4.79 Å². The number of hydrazone groups is 1. The summed E-state index contributed by atoms with van der Waals surface area (Å²) in [5.74, 6) is -0.240. The number of anilines is 1. The van der Waals surface area contributed by atoms with Crippen molar-refractivity contribution in [2.45, 2.75) is 0 Å². The number of hydrogen-bond acceptors (Lipinski definition) is 3. The minimum Gasteiger partial charge on any atom is -0.376 e. The minimum atomic E-state index is -0.240. The molecule has 0 aliphatic rings. The van der Waals surface area contributed by atoms with Gasteiger partial charge in [-0.1, -0.05) is 41.9 Å². The Balaban J connectivity index is 1.77. The molecule has 2 aromatic rings. The molecule has 23 heavy (non-hydrogen) atoms. The number of carbonyl (C=O) groups excluding carboxylic acids is 1. The van der Waals surface area contributed by atoms with E-state index >= 15 is 0 Å². The van der Waals surface area contributed by atoms with Gasteiger partial charge in [0.1, 0.15) is 0 Å². The van der Waals surface area contributed by atoms with Gasteiger partial charge >= 0.3 is 0 Å². The molecule has 0 spiro atoms. The second-order valence-corrected chi connectivity index (χ2v) is 5.95. The molecule has 0 bridgehead atoms. The summed E-state index contributed by atoms with van der Waals surface area (Å²) < 4.78 is 0.759. The first kappa shape index (κ1) is 17.2. The average molecular weight is 393 g/mol. The molecule has 4 nitrogen and oxygen atoms in total. The minimum absolute atomic E-state index is 0.124. The molecule has 118 valence electrons. The molecular weight excluding hydrogens is 378 g/mol. The Morgan fingerprint density at radius 3 is 2.52 bits per heavy atom. The number of allylic oxidation sites excluding steroid dienone is 1. The van der Waals surface area contributed by atoms with E-state index in [1.165, 1.54) is 6.21 Å². The van der Waals surface area contributed by atoms with E-state index in [-0.39, 0.29) is 12.5 Å². The van der Waals surface area contributed by atoms with Crippen molar-refractivity contribution in [3.63, 3.8) is 0 Å². The summed E-state index contributed by atoms with van der Waals surface area (Å²) in [6.45, 7) is 0.124. The van der Waals surface area contributed by atoms with Gasteiger partial charge in [0, 0.05) is 15.2 Å². The molecule has 0 aromatic heterocycles. The second kappa shape index (κ2) is 9.12. The van der Waals surface area contributed by atoms with Crippen LogP contribution in [0.3, 0.4) is 0 Å². The summed E-state index contributed by atoms with van der Waals surface area (Å²) in [6, 6.07) is 16.9. The standard InChI is InChI=1S/C17H15BrClN3O/c18-14(10-13-4-2-1-3-5-13)11-21-22-17(23)12-20-16-8-6-15(19)7-9-16/h1-11,20H,12H2,(H,22,23)/b14-10-,21-11+. The van der Waals surface area contributed by atoms with Gasteiger partial charge in [-0.15, -0.1) is 0 Å². The lowest BCUT2D eigenvalue weighted by atomic mass is 10.2. The molecule has 2 rings (SSSR count). The van der Waals surface area contributed by atoms with Crippen LogP contribution in [0.4, 0.5) is 5.69 Å². The number of benzene rings is 2. The molecule has 0 atom stereocenters. The van der Waals surface area contributed by atoms with Crippen molar-refractivity contribution in [2.75, 3.05) is 11.9 Å². The number of rotatable bonds is 6. The van der Waals surface area contributed by atoms with E-state index < -0.39 is 0 Å². The third kappa shape index (κ3) is 6.67. The summed E-state index contributed by atoms with van der Waals surface area (Å²) in [6.07, 6.45) is 3.44. The number of nitrogens with one attached hydrogen (secondary N) is 2. The zero-order valence-corrected chi connectivity index (χ0v) is 14.5. The van der Waals surface area contributed by atoms with Crippen LogP contribution in [0.1, 0.15) is 5.56 Å². The highest BCUT2D eigenvalue weighted by Crippen LogP contribution is 2.13. The molecule has 0 saturated carbocycles. The molecule has 6 heteroatoms. The van der Waals surface area contributed by atoms with Crippen LogP contribution < -0.4 is 10.7 Å². The van der Waals surface area contributed by atoms with E-state index in [1.54, 1.807) is 24.3 Å². The van der Waals surface area contributed by atoms with Crippen LogP contribution in [0, 0.1) is 0 Å². The van der Waals surface area contributed by atoms with E-state index in [4.69, 9.17) is 11.6 Å². The molecule has 1 amide bonds. The Morgan fingerprint density at radius 1 is 1.13 bits per heavy atom. The van der Waals surface area contributed by atoms with E-state index in [1.807, 2.05) is 36.4 Å². The smallest absolute Gasteiger partial charge is 0.259 e. The lowest BCUT2D eigenvalue weighted by Gasteiger charge is -2.04. The maximum Gasteiger partial charge on any atom is 0.259 e. The number of hydrogen-bond donors (Lipinski definition) is 2. The number of amides is 1. The van der Waals surface area contributed by atoms with Crippen LogP contribution in [0.5, 0.6) is 0 Å². The Morgan fingerprint density at radius 2 is 1.83 bits per heavy atom. The third-order valence-corrected chi connectivity index (χ3v) is 3.46. The molecule has 0 aliphatic carbocycles. The Bertz CT molecular complexity index is 700. The fraction of sp³-hybridized carbons (Fsp3) is 0.0588. The van der Waals surface area contributed by atoms with Crippen molar-refractivity contribution in [2.24, 2.45) is 5.10 Å². The van der Waals surface area contributed by atoms with Gasteiger partial charge in [-0.25, -0.2) is 5.43 Å². The molecule has 2 N–H and O–H groups in total. The average Bonchev–Trinajstić information content (AvgIpc) is 2.55. The van der Waals surface area contributed by atoms with Crippen LogP contribution in [0.2, 0.25) is 5.02 Å². The predicted molar refractivity (Wildman–Crippen MR) is 99.9 cm³/mol. The van der Waals surface area contributed by atoms with Gasteiger partial charge in [0.25, 0.3) is 5.91 Å². The Labute approximate surface area is 148 Å². The van der Waals surface area contributed by atoms with Gasteiger partial charge in [-0.05, 0) is 51.8 Å². The van der Waals surface area contributed by atoms with Crippen molar-refractivity contribution in [3.8, 4) is 0 Å². The first-order chi connectivity index (χ1) is 11.1. The quantitative estimate of drug-likeness (QED) is 0.569. The van der Waals surface area contributed by atoms with Gasteiger partial charge < -0.3 is 5.32 Å². The Kier molecular flexibility index (Phi) is 6.84. The monoisotopic (exact) mass is 391 g/mol. The van der Waals surface area contributed by atoms with Gasteiger partial charge in [0.05, 0.1) is 12.8 Å². The topological polar surface area (TPSA) is 53.5 Å². The third-order valence-electron chi connectivity index (χ3n) is 2.78. The fourth-order valence-corrected chi connectivity index (χ4v) is 2.19. The zero-order valence-electron chi connectivity index (χ0n) is 12.2. The van der Waals surface area contributed by atoms with Crippen molar-refractivity contribution in [1.29, 1.82) is 0 Å². The van der Waals surface area contributed by atoms with Crippen LogP contribution in [0.25, 0.3) is 6.08 Å². The van der Waals surface area contributed by atoms with Crippen molar-refractivity contribution < 1.29 is 4.79 Å². The lowest BCUT2D eigenvalue weighted by Crippen LogP contribution is -2.25. The molecular formula is C17H15BrClN3O. The highest BCUT2D eigenvalue weighted by atomic mass is 79.9. The van der Waals surface area contributed by atoms with E-state index in [2.05, 4.69) is 31.8 Å². The highest BCUT2D eigenvalue weighted by Gasteiger charge is 1.99. The summed E-state index contributed by atoms with van der Waals surface area (Å²) in [7, 11) is 0. The molecule has 0 fully saturated rings. The number of carbonyl (C=O) groups is 1. The van der Waals surface area contributed by atoms with E-state index in [0.29, 0.717) is 5.02 Å². The molecule has 0 saturated heterocycles.